The number of aliphatic hydroxyl groups is 1. The Morgan fingerprint density at radius 2 is 1.96 bits per heavy atom. The molecule has 1 aromatic carbocycles. The number of aliphatic hydroxyl groups excluding tert-OH is 1. The summed E-state index contributed by atoms with van der Waals surface area (Å²) in [6.45, 7) is 2.78. The number of nitrogens with zero attached hydrogens (tertiary/aromatic N) is 3. The number of rotatable bonds is 2. The molecule has 0 saturated carbocycles. The van der Waals surface area contributed by atoms with Crippen molar-refractivity contribution in [3.05, 3.63) is 24.3 Å². The third kappa shape index (κ3) is 2.93. The predicted octanol–water partition coefficient (Wildman–Crippen LogP) is 1.80. The Kier molecular flexibility index (Phi) is 4.50. The molecule has 5 nitrogen and oxygen atoms in total. The molecule has 128 valence electrons. The van der Waals surface area contributed by atoms with Crippen LogP contribution in [0.25, 0.3) is 11.0 Å². The van der Waals surface area contributed by atoms with Gasteiger partial charge in [0.2, 0.25) is 0 Å². The molecule has 2 aromatic rings. The zero-order chi connectivity index (χ0) is 16.5. The molecule has 0 aliphatic carbocycles. The minimum atomic E-state index is -0.326. The quantitative estimate of drug-likeness (QED) is 0.844. The summed E-state index contributed by atoms with van der Waals surface area (Å²) in [5.74, 6) is 0.904. The summed E-state index contributed by atoms with van der Waals surface area (Å²) in [7, 11) is 0. The predicted molar refractivity (Wildman–Crippen MR) is 93.9 cm³/mol. The third-order valence-corrected chi connectivity index (χ3v) is 6.23. The highest BCUT2D eigenvalue weighted by Crippen LogP contribution is 2.26. The molecule has 24 heavy (non-hydrogen) atoms. The number of hydrogen-bond acceptors (Lipinski definition) is 3. The van der Waals surface area contributed by atoms with Crippen molar-refractivity contribution < 1.29 is 14.5 Å². The van der Waals surface area contributed by atoms with Crippen LogP contribution >= 0.6 is 11.8 Å². The molecule has 2 aliphatic heterocycles. The fourth-order valence-electron chi connectivity index (χ4n) is 3.75. The number of carbonyl (C=O) groups is 1. The lowest BCUT2D eigenvalue weighted by Crippen LogP contribution is -2.46. The van der Waals surface area contributed by atoms with E-state index in [4.69, 9.17) is 0 Å². The molecule has 1 unspecified atom stereocenters. The van der Waals surface area contributed by atoms with E-state index in [1.54, 1.807) is 11.8 Å². The van der Waals surface area contributed by atoms with Crippen LogP contribution in [0.4, 0.5) is 0 Å². The number of thioether (sulfide) groups is 1. The van der Waals surface area contributed by atoms with Gasteiger partial charge in [0.05, 0.1) is 0 Å². The van der Waals surface area contributed by atoms with Gasteiger partial charge < -0.3 is 10.0 Å². The zero-order valence-corrected chi connectivity index (χ0v) is 14.7. The maximum absolute atomic E-state index is 12.8. The van der Waals surface area contributed by atoms with Gasteiger partial charge in [-0.2, -0.15) is 0 Å². The van der Waals surface area contributed by atoms with Crippen LogP contribution in [-0.4, -0.2) is 45.4 Å². The molecule has 1 atom stereocenters. The second-order valence-corrected chi connectivity index (χ2v) is 7.72. The van der Waals surface area contributed by atoms with Gasteiger partial charge in [-0.1, -0.05) is 25.0 Å². The molecule has 1 N–H and O–H groups in total. The largest absolute Gasteiger partial charge is 0.388 e. The Hall–Kier alpha value is -1.53. The molecule has 1 aromatic heterocycles. The molecule has 0 bridgehead atoms. The first-order valence-electron chi connectivity index (χ1n) is 8.84. The maximum Gasteiger partial charge on any atom is 0.319 e. The first-order valence-corrected chi connectivity index (χ1v) is 9.82. The molecule has 1 saturated heterocycles. The van der Waals surface area contributed by atoms with E-state index in [1.807, 2.05) is 17.0 Å². The van der Waals surface area contributed by atoms with E-state index in [1.165, 1.54) is 12.8 Å². The van der Waals surface area contributed by atoms with Crippen molar-refractivity contribution in [3.63, 3.8) is 0 Å². The Bertz CT molecular complexity index is 750. The van der Waals surface area contributed by atoms with Crippen molar-refractivity contribution >= 4 is 28.7 Å². The average Bonchev–Trinajstić information content (AvgIpc) is 2.78. The van der Waals surface area contributed by atoms with Crippen LogP contribution in [-0.2, 0) is 17.9 Å². The molecule has 0 spiro atoms. The molecule has 1 fully saturated rings. The van der Waals surface area contributed by atoms with Gasteiger partial charge in [-0.05, 0) is 36.7 Å². The number of imidazole rings is 1. The minimum absolute atomic E-state index is 0.216. The summed E-state index contributed by atoms with van der Waals surface area (Å²) in [4.78, 5) is 14.9. The van der Waals surface area contributed by atoms with Crippen LogP contribution < -0.4 is 4.57 Å². The molecular weight excluding hydrogens is 322 g/mol. The van der Waals surface area contributed by atoms with Crippen LogP contribution in [0.2, 0.25) is 0 Å². The van der Waals surface area contributed by atoms with Gasteiger partial charge in [-0.25, -0.2) is 9.13 Å². The number of carbonyl (C=O) groups excluding carboxylic acids is 1. The average molecular weight is 346 g/mol. The maximum atomic E-state index is 12.8. The molecule has 4 rings (SSSR count). The van der Waals surface area contributed by atoms with E-state index in [9.17, 15) is 9.90 Å². The van der Waals surface area contributed by atoms with E-state index >= 15 is 0 Å². The summed E-state index contributed by atoms with van der Waals surface area (Å²) in [5, 5.41) is 11.1. The van der Waals surface area contributed by atoms with E-state index < -0.39 is 0 Å². The van der Waals surface area contributed by atoms with E-state index in [0.717, 1.165) is 42.1 Å². The summed E-state index contributed by atoms with van der Waals surface area (Å²) in [6, 6.07) is 8.18. The fourth-order valence-corrected chi connectivity index (χ4v) is 4.84. The van der Waals surface area contributed by atoms with Gasteiger partial charge in [0.1, 0.15) is 12.6 Å². The van der Waals surface area contributed by atoms with Crippen LogP contribution in [0.1, 0.15) is 25.7 Å². The van der Waals surface area contributed by atoms with Crippen molar-refractivity contribution in [1.29, 1.82) is 0 Å². The summed E-state index contributed by atoms with van der Waals surface area (Å²) >= 11 is 1.65. The van der Waals surface area contributed by atoms with Crippen molar-refractivity contribution in [2.75, 3.05) is 18.8 Å². The van der Waals surface area contributed by atoms with Crippen LogP contribution in [0.5, 0.6) is 0 Å². The van der Waals surface area contributed by atoms with E-state index in [2.05, 4.69) is 21.3 Å². The van der Waals surface area contributed by atoms with Crippen LogP contribution in [0, 0.1) is 0 Å². The van der Waals surface area contributed by atoms with Gasteiger partial charge in [-0.3, -0.25) is 4.79 Å². The van der Waals surface area contributed by atoms with Gasteiger partial charge in [0, 0.05) is 18.8 Å². The SMILES string of the molecule is O=C(Cn1c2[n+](c3ccccc31)CC(O)CS2)N1CCCCCC1. The molecular formula is C18H24N3O2S+. The first-order chi connectivity index (χ1) is 11.7. The second-order valence-electron chi connectivity index (χ2n) is 6.73. The molecule has 2 aliphatic rings. The highest BCUT2D eigenvalue weighted by Gasteiger charge is 2.33. The second kappa shape index (κ2) is 6.76. The Labute approximate surface area is 146 Å². The number of aromatic nitrogens is 2. The summed E-state index contributed by atoms with van der Waals surface area (Å²) < 4.78 is 4.29. The fraction of sp³-hybridized carbons (Fsp3) is 0.556. The normalized spacial score (nSPS) is 21.5. The van der Waals surface area contributed by atoms with Crippen LogP contribution in [0.15, 0.2) is 29.4 Å². The van der Waals surface area contributed by atoms with Crippen molar-refractivity contribution in [3.8, 4) is 0 Å². The monoisotopic (exact) mass is 346 g/mol. The lowest BCUT2D eigenvalue weighted by molar-refractivity contribution is -0.717. The van der Waals surface area contributed by atoms with Crippen molar-refractivity contribution in [2.24, 2.45) is 0 Å². The molecule has 6 heteroatoms. The number of amides is 1. The number of fused-ring (bicyclic) bond motifs is 3. The number of benzene rings is 1. The molecule has 0 radical (unpaired) electrons. The van der Waals surface area contributed by atoms with Gasteiger partial charge in [0.25, 0.3) is 5.91 Å². The topological polar surface area (TPSA) is 49.4 Å². The lowest BCUT2D eigenvalue weighted by atomic mass is 10.2. The molecule has 3 heterocycles. The van der Waals surface area contributed by atoms with Crippen molar-refractivity contribution in [2.45, 2.75) is 50.0 Å². The molecule has 1 amide bonds. The number of hydrogen-bond donors (Lipinski definition) is 1. The minimum Gasteiger partial charge on any atom is -0.388 e. The Morgan fingerprint density at radius 1 is 1.21 bits per heavy atom. The van der Waals surface area contributed by atoms with E-state index in [0.29, 0.717) is 18.8 Å². The Balaban J connectivity index is 1.67. The first kappa shape index (κ1) is 16.0. The highest BCUT2D eigenvalue weighted by molar-refractivity contribution is 7.99. The van der Waals surface area contributed by atoms with Gasteiger partial charge in [0.15, 0.2) is 17.6 Å². The van der Waals surface area contributed by atoms with Gasteiger partial charge in [-0.15, -0.1) is 0 Å². The van der Waals surface area contributed by atoms with E-state index in [-0.39, 0.29) is 12.0 Å². The number of likely N-dealkylation sites (tertiary alicyclic amines) is 1. The zero-order valence-electron chi connectivity index (χ0n) is 13.9. The Morgan fingerprint density at radius 3 is 2.75 bits per heavy atom. The van der Waals surface area contributed by atoms with Crippen LogP contribution in [0.3, 0.4) is 0 Å². The highest BCUT2D eigenvalue weighted by atomic mass is 32.2. The van der Waals surface area contributed by atoms with Crippen molar-refractivity contribution in [1.82, 2.24) is 9.47 Å². The smallest absolute Gasteiger partial charge is 0.319 e. The third-order valence-electron chi connectivity index (χ3n) is 4.98. The lowest BCUT2D eigenvalue weighted by Gasteiger charge is -2.20. The standard InChI is InChI=1S/C18H24N3O2S/c22-14-11-20-15-7-3-4-8-16(15)21(18(20)24-13-14)12-17(23)19-9-5-1-2-6-10-19/h3-4,7-8,14,22H,1-2,5-6,9-13H2/q+1. The summed E-state index contributed by atoms with van der Waals surface area (Å²) in [6.07, 6.45) is 4.37. The number of para-hydroxylation sites is 2. The van der Waals surface area contributed by atoms with Gasteiger partial charge >= 0.3 is 5.16 Å². The summed E-state index contributed by atoms with van der Waals surface area (Å²) in [5.41, 5.74) is 2.18.